The van der Waals surface area contributed by atoms with E-state index in [4.69, 9.17) is 109 Å². The van der Waals surface area contributed by atoms with Gasteiger partial charge < -0.3 is 135 Å². The number of aliphatic carboxylic acids is 9. The highest BCUT2D eigenvalue weighted by Gasteiger charge is 2.21. The molecule has 0 aliphatic rings. The Labute approximate surface area is 563 Å². The molecular formula is C56H110N14O23S2. The monoisotopic (exact) mass is 1410 g/mol. The summed E-state index contributed by atoms with van der Waals surface area (Å²) in [6, 6.07) is 0.510. The van der Waals surface area contributed by atoms with Gasteiger partial charge in [-0.15, -0.1) is 0 Å². The number of carbonyl (C=O) groups excluding carboxylic acids is 3. The Kier molecular flexibility index (Phi) is 70.1. The van der Waals surface area contributed by atoms with E-state index < -0.39 is 126 Å². The number of para-hydroxylation sites is 1. The van der Waals surface area contributed by atoms with E-state index in [9.17, 15) is 57.5 Å². The van der Waals surface area contributed by atoms with Gasteiger partial charge in [-0.1, -0.05) is 86.4 Å². The van der Waals surface area contributed by atoms with Gasteiger partial charge in [-0.05, 0) is 74.0 Å². The van der Waals surface area contributed by atoms with Crippen LogP contribution in [0.3, 0.4) is 0 Å². The standard InChI is InChI=1S/C11H12N2O2.C9H19N3O4.C8H16N2O3.3C6H13NO2.2C3H7NO2S.2C2H5NO2/c12-9(11(14)15)5-7-6-13-10-4-2-1-3-8(7)10;10-4-2-1-3-6(11)9(15)16-5-7(12)8(13)14;1-5(2)3-6(10)8(12)13-7(11)4-9;2*1-4(2)3-5(7)6(8)9;1-3-4(2)5(7)6(8)9;2*4-2(1-7)3(5)6;2*3-1-2(4)5/h1-4,6,9,13H,5,12H2,(H,14,15);6-7H,1-5,10-12H2,(H,13,14);5-6H,3-4,9-10H2,1-2H3;3*4-5H,3,7H2,1-2H3,(H,8,9);2*2,7H,1,4H2,(H,5,6);2*1,3H2,(H,4,5)/t9-;6-,7-;6-;2*5-;4-,5-;2*2-;;/m00000000../s1. The molecule has 0 saturated carbocycles. The summed E-state index contributed by atoms with van der Waals surface area (Å²) in [4.78, 5) is 125. The minimum atomic E-state index is -1.22. The molecule has 0 amide bonds. The summed E-state index contributed by atoms with van der Waals surface area (Å²) in [7, 11) is 0. The lowest BCUT2D eigenvalue weighted by Crippen LogP contribution is -2.39. The van der Waals surface area contributed by atoms with Crippen LogP contribution >= 0.6 is 25.3 Å². The molecule has 0 spiro atoms. The Morgan fingerprint density at radius 3 is 1.12 bits per heavy atom. The van der Waals surface area contributed by atoms with Gasteiger partial charge in [0, 0.05) is 35.0 Å². The number of esters is 3. The highest BCUT2D eigenvalue weighted by molar-refractivity contribution is 7.80. The SMILES string of the molecule is CC(C)C[C@H](N)C(=O)O.CC(C)C[C@H](N)C(=O)O.CC(C)C[C@H](N)C(=O)OC(=O)CN.CC[C@H](C)[C@H](N)C(=O)O.NCC(=O)O.NCC(=O)O.NCCCC[C@H](N)C(=O)OC[C@H](N)C(=O)O.N[C@@H](CS)C(=O)O.N[C@@H](CS)C(=O)O.N[C@@H](Cc1c[nH]c2ccccc12)C(=O)O. The molecule has 1 heterocycles. The van der Waals surface area contributed by atoms with Crippen molar-refractivity contribution in [2.75, 3.05) is 44.3 Å². The van der Waals surface area contributed by atoms with Gasteiger partial charge in [-0.2, -0.15) is 25.3 Å². The number of nitrogens with two attached hydrogens (primary N) is 13. The molecule has 1 aromatic heterocycles. The van der Waals surface area contributed by atoms with Crippen LogP contribution in [0.25, 0.3) is 10.9 Å². The van der Waals surface area contributed by atoms with Crippen molar-refractivity contribution in [3.05, 3.63) is 36.0 Å². The average Bonchev–Trinajstić information content (AvgIpc) is 1.70. The van der Waals surface area contributed by atoms with E-state index in [-0.39, 0.29) is 49.6 Å². The van der Waals surface area contributed by atoms with E-state index in [0.29, 0.717) is 50.5 Å². The van der Waals surface area contributed by atoms with Gasteiger partial charge >= 0.3 is 71.6 Å². The Morgan fingerprint density at radius 2 is 0.842 bits per heavy atom. The van der Waals surface area contributed by atoms with Gasteiger partial charge in [-0.25, -0.2) is 4.79 Å². The lowest BCUT2D eigenvalue weighted by atomic mass is 10.0. The smallest absolute Gasteiger partial charge is 0.330 e. The third-order valence-corrected chi connectivity index (χ3v) is 11.6. The number of hydrogen-bond donors (Lipinski definition) is 25. The van der Waals surface area contributed by atoms with Crippen molar-refractivity contribution in [1.82, 2.24) is 4.98 Å². The molecule has 1 aromatic carbocycles. The number of benzene rings is 1. The third-order valence-electron chi connectivity index (χ3n) is 10.8. The van der Waals surface area contributed by atoms with Crippen LogP contribution in [0.1, 0.15) is 106 Å². The van der Waals surface area contributed by atoms with Crippen molar-refractivity contribution in [3.63, 3.8) is 0 Å². The fourth-order valence-corrected chi connectivity index (χ4v) is 5.62. The molecule has 95 heavy (non-hydrogen) atoms. The van der Waals surface area contributed by atoms with Crippen LogP contribution in [0.2, 0.25) is 0 Å². The van der Waals surface area contributed by atoms with Crippen LogP contribution in [0.5, 0.6) is 0 Å². The Morgan fingerprint density at radius 1 is 0.474 bits per heavy atom. The molecule has 36 N–H and O–H groups in total. The number of hydrogen-bond acceptors (Lipinski definition) is 29. The molecule has 0 saturated heterocycles. The van der Waals surface area contributed by atoms with Crippen molar-refractivity contribution >= 4 is 108 Å². The molecule has 10 atom stereocenters. The molecule has 0 radical (unpaired) electrons. The number of carbonyl (C=O) groups is 12. The van der Waals surface area contributed by atoms with E-state index in [0.717, 1.165) is 35.7 Å². The van der Waals surface area contributed by atoms with Crippen LogP contribution in [-0.2, 0) is 73.4 Å². The zero-order valence-electron chi connectivity index (χ0n) is 55.1. The molecule has 37 nitrogen and oxygen atoms in total. The van der Waals surface area contributed by atoms with E-state index in [1.165, 1.54) is 0 Å². The molecule has 39 heteroatoms. The van der Waals surface area contributed by atoms with E-state index in [1.54, 1.807) is 0 Å². The molecular weight excluding hydrogens is 1300 g/mol. The molecule has 0 aliphatic carbocycles. The lowest BCUT2D eigenvalue weighted by molar-refractivity contribution is -0.160. The molecule has 0 fully saturated rings. The Hall–Kier alpha value is -7.22. The second kappa shape index (κ2) is 64.1. The number of unbranched alkanes of at least 4 members (excludes halogenated alkanes) is 1. The summed E-state index contributed by atoms with van der Waals surface area (Å²) in [6.07, 6.45) is 6.56. The Bertz CT molecular complexity index is 2410. The maximum Gasteiger partial charge on any atom is 0.330 e. The predicted octanol–water partition coefficient (Wildman–Crippen LogP) is -3.04. The van der Waals surface area contributed by atoms with Crippen LogP contribution < -0.4 is 74.5 Å². The summed E-state index contributed by atoms with van der Waals surface area (Å²) >= 11 is 7.30. The second-order valence-corrected chi connectivity index (χ2v) is 21.8. The zero-order valence-corrected chi connectivity index (χ0v) is 56.9. The summed E-state index contributed by atoms with van der Waals surface area (Å²) in [5.74, 6) is -9.50. The number of aromatic amines is 1. The van der Waals surface area contributed by atoms with Crippen molar-refractivity contribution < 1.29 is 113 Å². The lowest BCUT2D eigenvalue weighted by Gasteiger charge is -2.12. The van der Waals surface area contributed by atoms with Crippen LogP contribution in [0.4, 0.5) is 0 Å². The molecule has 2 rings (SSSR count). The molecule has 0 unspecified atom stereocenters. The topological polar surface area (TPSA) is 759 Å². The highest BCUT2D eigenvalue weighted by atomic mass is 32.1. The zero-order chi connectivity index (χ0) is 76.4. The molecule has 0 bridgehead atoms. The van der Waals surface area contributed by atoms with E-state index in [2.05, 4.69) is 51.2 Å². The predicted molar refractivity (Wildman–Crippen MR) is 360 cm³/mol. The fraction of sp³-hybridized carbons (Fsp3) is 0.643. The first-order valence-electron chi connectivity index (χ1n) is 29.0. The first-order chi connectivity index (χ1) is 43.7. The number of ether oxygens (including phenoxy) is 2. The van der Waals surface area contributed by atoms with Gasteiger partial charge in [0.2, 0.25) is 0 Å². The van der Waals surface area contributed by atoms with Crippen molar-refractivity contribution in [1.29, 1.82) is 0 Å². The number of H-pyrrole nitrogens is 1. The van der Waals surface area contributed by atoms with Crippen molar-refractivity contribution in [2.24, 2.45) is 98.2 Å². The number of carboxylic acid groups (broad SMARTS) is 9. The second-order valence-electron chi connectivity index (χ2n) is 21.1. The first-order valence-corrected chi connectivity index (χ1v) is 30.3. The molecule has 554 valence electrons. The van der Waals surface area contributed by atoms with Gasteiger partial charge in [0.15, 0.2) is 0 Å². The number of carboxylic acids is 9. The summed E-state index contributed by atoms with van der Waals surface area (Å²) in [5.41, 5.74) is 68.5. The Balaban J connectivity index is -0.000000151. The first kappa shape index (κ1) is 104. The summed E-state index contributed by atoms with van der Waals surface area (Å²) < 4.78 is 8.99. The quantitative estimate of drug-likeness (QED) is 0.0160. The normalized spacial score (nSPS) is 13.1. The molecule has 2 aromatic rings. The molecule has 0 aliphatic heterocycles. The van der Waals surface area contributed by atoms with Crippen molar-refractivity contribution in [2.45, 2.75) is 161 Å². The summed E-state index contributed by atoms with van der Waals surface area (Å²) in [6.45, 7) is 14.7. The average molecular weight is 1410 g/mol. The number of rotatable bonds is 30. The third kappa shape index (κ3) is 69.4. The number of fused-ring (bicyclic) bond motifs is 1. The number of nitrogens with one attached hydrogen (secondary N) is 1. The van der Waals surface area contributed by atoms with Crippen LogP contribution in [-0.4, -0.2) is 221 Å². The maximum atomic E-state index is 11.2. The number of thiol groups is 2. The minimum Gasteiger partial charge on any atom is -0.480 e. The fourth-order valence-electron chi connectivity index (χ4n) is 5.31. The van der Waals surface area contributed by atoms with Gasteiger partial charge in [0.1, 0.15) is 61.0 Å². The van der Waals surface area contributed by atoms with Crippen molar-refractivity contribution in [3.8, 4) is 0 Å². The highest BCUT2D eigenvalue weighted by Crippen LogP contribution is 2.18. The van der Waals surface area contributed by atoms with Crippen LogP contribution in [0.15, 0.2) is 30.5 Å². The van der Waals surface area contributed by atoms with Crippen LogP contribution in [0, 0.1) is 23.7 Å². The van der Waals surface area contributed by atoms with Gasteiger partial charge in [0.05, 0.1) is 19.6 Å². The minimum absolute atomic E-state index is 0.0718. The summed E-state index contributed by atoms with van der Waals surface area (Å²) in [5, 5.41) is 74.4. The van der Waals surface area contributed by atoms with Gasteiger partial charge in [-0.3, -0.25) is 52.7 Å². The maximum absolute atomic E-state index is 11.2. The van der Waals surface area contributed by atoms with E-state index in [1.807, 2.05) is 85.9 Å². The largest absolute Gasteiger partial charge is 0.480 e. The number of aromatic nitrogens is 1. The van der Waals surface area contributed by atoms with Gasteiger partial charge in [0.25, 0.3) is 0 Å². The van der Waals surface area contributed by atoms with E-state index >= 15 is 0 Å².